The molecule has 2 saturated heterocycles. The number of nitriles is 1. The second-order valence-corrected chi connectivity index (χ2v) is 9.05. The van der Waals surface area contributed by atoms with Crippen LogP contribution in [-0.4, -0.2) is 59.1 Å². The third-order valence-electron chi connectivity index (χ3n) is 5.84. The maximum atomic E-state index is 13.2. The predicted molar refractivity (Wildman–Crippen MR) is 120 cm³/mol. The number of anilines is 1. The van der Waals surface area contributed by atoms with Gasteiger partial charge in [-0.05, 0) is 55.3 Å². The van der Waals surface area contributed by atoms with Gasteiger partial charge in [-0.1, -0.05) is 6.07 Å². The summed E-state index contributed by atoms with van der Waals surface area (Å²) in [5.74, 6) is 1.58. The van der Waals surface area contributed by atoms with Crippen molar-refractivity contribution in [3.63, 3.8) is 0 Å². The molecule has 160 valence electrons. The summed E-state index contributed by atoms with van der Waals surface area (Å²) in [6.07, 6.45) is 1.46. The minimum Gasteiger partial charge on any atom is -0.497 e. The molecule has 3 amide bonds. The zero-order chi connectivity index (χ0) is 21.8. The van der Waals surface area contributed by atoms with Crippen molar-refractivity contribution in [1.82, 2.24) is 9.80 Å². The Morgan fingerprint density at radius 2 is 1.87 bits per heavy atom. The number of urea groups is 1. The third kappa shape index (κ3) is 4.32. The predicted octanol–water partition coefficient (Wildman–Crippen LogP) is 3.78. The van der Waals surface area contributed by atoms with Gasteiger partial charge in [0.05, 0.1) is 23.6 Å². The summed E-state index contributed by atoms with van der Waals surface area (Å²) in [6.45, 7) is 1.87. The Morgan fingerprint density at radius 1 is 1.13 bits per heavy atom. The Morgan fingerprint density at radius 3 is 2.55 bits per heavy atom. The third-order valence-corrected chi connectivity index (χ3v) is 7.39. The van der Waals surface area contributed by atoms with E-state index in [0.29, 0.717) is 42.2 Å². The molecule has 2 aliphatic rings. The Hall–Kier alpha value is -3.18. The van der Waals surface area contributed by atoms with Crippen LogP contribution in [0.2, 0.25) is 0 Å². The van der Waals surface area contributed by atoms with Gasteiger partial charge in [0.1, 0.15) is 5.75 Å². The van der Waals surface area contributed by atoms with Crippen LogP contribution in [0.15, 0.2) is 48.5 Å². The fraction of sp³-hybridized carbons (Fsp3) is 0.348. The average molecular weight is 437 g/mol. The van der Waals surface area contributed by atoms with Gasteiger partial charge in [0.25, 0.3) is 5.91 Å². The number of likely N-dealkylation sites (tertiary alicyclic amines) is 1. The number of amides is 3. The summed E-state index contributed by atoms with van der Waals surface area (Å²) in [5, 5.41) is 11.8. The molecule has 31 heavy (non-hydrogen) atoms. The van der Waals surface area contributed by atoms with Crippen molar-refractivity contribution in [1.29, 1.82) is 5.26 Å². The van der Waals surface area contributed by atoms with Crippen LogP contribution in [0.3, 0.4) is 0 Å². The molecule has 1 spiro atoms. The maximum Gasteiger partial charge on any atom is 0.321 e. The van der Waals surface area contributed by atoms with Crippen molar-refractivity contribution in [2.45, 2.75) is 17.7 Å². The van der Waals surface area contributed by atoms with Gasteiger partial charge in [-0.3, -0.25) is 4.79 Å². The standard InChI is InChI=1S/C23H24N4O3S/c1-30-20-4-2-3-18(15-20)21(28)27-13-14-31-23(27)9-11-26(12-10-23)22(29)25-19-7-5-17(16-24)6-8-19/h2-8,15H,9-14H2,1H3,(H,25,29). The van der Waals surface area contributed by atoms with E-state index in [9.17, 15) is 9.59 Å². The van der Waals surface area contributed by atoms with Crippen LogP contribution in [0.1, 0.15) is 28.8 Å². The van der Waals surface area contributed by atoms with Crippen LogP contribution in [-0.2, 0) is 0 Å². The summed E-state index contributed by atoms with van der Waals surface area (Å²) in [6, 6.07) is 16.0. The van der Waals surface area contributed by atoms with Crippen molar-refractivity contribution in [3.05, 3.63) is 59.7 Å². The quantitative estimate of drug-likeness (QED) is 0.791. The van der Waals surface area contributed by atoms with Gasteiger partial charge in [-0.25, -0.2) is 4.79 Å². The minimum absolute atomic E-state index is 0.0133. The number of benzene rings is 2. The summed E-state index contributed by atoms with van der Waals surface area (Å²) < 4.78 is 5.26. The van der Waals surface area contributed by atoms with Crippen LogP contribution >= 0.6 is 11.8 Å². The molecule has 0 aliphatic carbocycles. The number of piperidine rings is 1. The Balaban J connectivity index is 1.40. The summed E-state index contributed by atoms with van der Waals surface area (Å²) >= 11 is 1.81. The number of carbonyl (C=O) groups excluding carboxylic acids is 2. The molecule has 1 N–H and O–H groups in total. The highest BCUT2D eigenvalue weighted by Gasteiger charge is 2.47. The molecule has 4 rings (SSSR count). The fourth-order valence-corrected chi connectivity index (χ4v) is 5.57. The van der Waals surface area contributed by atoms with Gasteiger partial charge >= 0.3 is 6.03 Å². The summed E-state index contributed by atoms with van der Waals surface area (Å²) in [5.41, 5.74) is 1.84. The van der Waals surface area contributed by atoms with Crippen LogP contribution in [0.5, 0.6) is 5.75 Å². The summed E-state index contributed by atoms with van der Waals surface area (Å²) in [7, 11) is 1.59. The van der Waals surface area contributed by atoms with Gasteiger partial charge < -0.3 is 19.9 Å². The number of carbonyl (C=O) groups is 2. The first-order valence-corrected chi connectivity index (χ1v) is 11.2. The van der Waals surface area contributed by atoms with E-state index in [1.54, 1.807) is 42.3 Å². The first-order valence-electron chi connectivity index (χ1n) is 10.2. The first kappa shape index (κ1) is 21.1. The van der Waals surface area contributed by atoms with Crippen molar-refractivity contribution >= 4 is 29.4 Å². The first-order chi connectivity index (χ1) is 15.0. The van der Waals surface area contributed by atoms with Crippen LogP contribution in [0.4, 0.5) is 10.5 Å². The Kier molecular flexibility index (Phi) is 6.05. The van der Waals surface area contributed by atoms with Gasteiger partial charge in [-0.2, -0.15) is 5.26 Å². The molecule has 2 aromatic carbocycles. The normalized spacial score (nSPS) is 17.3. The van der Waals surface area contributed by atoms with E-state index >= 15 is 0 Å². The van der Waals surface area contributed by atoms with Crippen LogP contribution in [0.25, 0.3) is 0 Å². The minimum atomic E-state index is -0.272. The van der Waals surface area contributed by atoms with Crippen molar-refractivity contribution in [3.8, 4) is 11.8 Å². The number of nitrogens with one attached hydrogen (secondary N) is 1. The molecular weight excluding hydrogens is 412 g/mol. The number of nitrogens with zero attached hydrogens (tertiary/aromatic N) is 3. The molecule has 8 heteroatoms. The van der Waals surface area contributed by atoms with Gasteiger partial charge in [0.15, 0.2) is 0 Å². The summed E-state index contributed by atoms with van der Waals surface area (Å²) in [4.78, 5) is 29.4. The lowest BCUT2D eigenvalue weighted by Crippen LogP contribution is -2.54. The van der Waals surface area contributed by atoms with Gasteiger partial charge in [-0.15, -0.1) is 11.8 Å². The number of rotatable bonds is 3. The second kappa shape index (κ2) is 8.90. The maximum absolute atomic E-state index is 13.2. The highest BCUT2D eigenvalue weighted by Crippen LogP contribution is 2.44. The molecule has 2 aliphatic heterocycles. The van der Waals surface area contributed by atoms with Crippen molar-refractivity contribution < 1.29 is 14.3 Å². The highest BCUT2D eigenvalue weighted by atomic mass is 32.2. The molecule has 0 atom stereocenters. The second-order valence-electron chi connectivity index (χ2n) is 7.59. The van der Waals surface area contributed by atoms with Crippen LogP contribution in [0, 0.1) is 11.3 Å². The van der Waals surface area contributed by atoms with E-state index in [1.807, 2.05) is 34.9 Å². The number of hydrogen-bond donors (Lipinski definition) is 1. The Labute approximate surface area is 186 Å². The molecule has 7 nitrogen and oxygen atoms in total. The lowest BCUT2D eigenvalue weighted by atomic mass is 10.0. The monoisotopic (exact) mass is 436 g/mol. The van der Waals surface area contributed by atoms with Crippen LogP contribution < -0.4 is 10.1 Å². The molecular formula is C23H24N4O3S. The van der Waals surface area contributed by atoms with E-state index in [0.717, 1.165) is 18.6 Å². The van der Waals surface area contributed by atoms with E-state index in [-0.39, 0.29) is 16.8 Å². The molecule has 0 saturated carbocycles. The highest BCUT2D eigenvalue weighted by molar-refractivity contribution is 8.00. The zero-order valence-electron chi connectivity index (χ0n) is 17.3. The lowest BCUT2D eigenvalue weighted by Gasteiger charge is -2.44. The van der Waals surface area contributed by atoms with E-state index < -0.39 is 0 Å². The molecule has 0 bridgehead atoms. The zero-order valence-corrected chi connectivity index (χ0v) is 18.2. The SMILES string of the molecule is COc1cccc(C(=O)N2CCSC23CCN(C(=O)Nc2ccc(C#N)cc2)CC3)c1. The molecule has 0 aromatic heterocycles. The number of ether oxygens (including phenoxy) is 1. The fourth-order valence-electron chi connectivity index (χ4n) is 4.11. The molecule has 0 radical (unpaired) electrons. The average Bonchev–Trinajstić information content (AvgIpc) is 3.22. The van der Waals surface area contributed by atoms with E-state index in [4.69, 9.17) is 10.00 Å². The Bertz CT molecular complexity index is 1010. The van der Waals surface area contributed by atoms with E-state index in [2.05, 4.69) is 11.4 Å². The van der Waals surface area contributed by atoms with Crippen molar-refractivity contribution in [2.24, 2.45) is 0 Å². The van der Waals surface area contributed by atoms with E-state index in [1.165, 1.54) is 0 Å². The van der Waals surface area contributed by atoms with Gasteiger partial charge in [0, 0.05) is 36.6 Å². The molecule has 2 fully saturated rings. The number of thioether (sulfide) groups is 1. The number of hydrogen-bond acceptors (Lipinski definition) is 5. The lowest BCUT2D eigenvalue weighted by molar-refractivity contribution is 0.0585. The molecule has 0 unspecified atom stereocenters. The molecule has 2 aromatic rings. The number of methoxy groups -OCH3 is 1. The van der Waals surface area contributed by atoms with Gasteiger partial charge in [0.2, 0.25) is 0 Å². The topological polar surface area (TPSA) is 85.7 Å². The largest absolute Gasteiger partial charge is 0.497 e. The smallest absolute Gasteiger partial charge is 0.321 e. The van der Waals surface area contributed by atoms with Crippen molar-refractivity contribution in [2.75, 3.05) is 37.8 Å². The molecule has 2 heterocycles.